The smallest absolute Gasteiger partial charge is 0.250 e. The maximum atomic E-state index is 6.68. The molecule has 3 aromatic carbocycles. The fourth-order valence-corrected chi connectivity index (χ4v) is 7.03. The van der Waals surface area contributed by atoms with Crippen LogP contribution in [-0.2, 0) is 4.74 Å². The van der Waals surface area contributed by atoms with Crippen molar-refractivity contribution in [2.24, 2.45) is 11.8 Å². The van der Waals surface area contributed by atoms with E-state index in [-0.39, 0.29) is 5.04 Å². The van der Waals surface area contributed by atoms with Gasteiger partial charge in [0.05, 0.1) is 7.11 Å². The number of fused-ring (bicyclic) bond motifs is 2. The Morgan fingerprint density at radius 1 is 0.868 bits per heavy atom. The van der Waals surface area contributed by atoms with Crippen molar-refractivity contribution in [3.8, 4) is 5.75 Å². The quantitative estimate of drug-likeness (QED) is 0.237. The van der Waals surface area contributed by atoms with Gasteiger partial charge in [0, 0.05) is 11.5 Å². The molecule has 3 atom stereocenters. The van der Waals surface area contributed by atoms with Gasteiger partial charge in [0.2, 0.25) is 8.32 Å². The maximum Gasteiger partial charge on any atom is 0.250 e. The molecule has 0 aromatic heterocycles. The van der Waals surface area contributed by atoms with E-state index >= 15 is 0 Å². The van der Waals surface area contributed by atoms with E-state index in [1.807, 2.05) is 7.11 Å². The third-order valence-electron chi connectivity index (χ3n) is 9.04. The van der Waals surface area contributed by atoms with Crippen molar-refractivity contribution in [3.05, 3.63) is 113 Å². The Labute approximate surface area is 230 Å². The Kier molecular flexibility index (Phi) is 7.42. The lowest BCUT2D eigenvalue weighted by atomic mass is 9.62. The zero-order chi connectivity index (χ0) is 26.9. The summed E-state index contributed by atoms with van der Waals surface area (Å²) in [5.41, 5.74) is 6.84. The molecule has 2 bridgehead atoms. The molecule has 2 aliphatic rings. The first-order valence-electron chi connectivity index (χ1n) is 14.1. The van der Waals surface area contributed by atoms with Crippen LogP contribution < -0.4 is 4.43 Å². The molecule has 5 rings (SSSR count). The molecule has 38 heavy (non-hydrogen) atoms. The van der Waals surface area contributed by atoms with Gasteiger partial charge in [0.25, 0.3) is 0 Å². The van der Waals surface area contributed by atoms with E-state index in [0.29, 0.717) is 17.8 Å². The predicted octanol–water partition coefficient (Wildman–Crippen LogP) is 9.73. The van der Waals surface area contributed by atoms with E-state index in [1.165, 1.54) is 22.3 Å². The standard InChI is InChI=1S/C35H42O2Si/c1-35(2,3)38(5,6)37-29-19-13-18-28(22-29)34(36-4)30-21-20-27-23-33(30)32(26-16-11-8-12-17-26)24-31(27)25-14-9-7-10-15-25/h7-19,22,24,27,32-33H,20-21,23H2,1-6H3. The Morgan fingerprint density at radius 3 is 2.21 bits per heavy atom. The second-order valence-corrected chi connectivity index (χ2v) is 17.2. The molecular formula is C35H42O2Si. The van der Waals surface area contributed by atoms with Gasteiger partial charge in [-0.3, -0.25) is 0 Å². The fraction of sp³-hybridized carbons (Fsp3) is 0.371. The number of rotatable bonds is 6. The first-order valence-corrected chi connectivity index (χ1v) is 17.0. The van der Waals surface area contributed by atoms with E-state index < -0.39 is 8.32 Å². The van der Waals surface area contributed by atoms with Crippen LogP contribution in [0.3, 0.4) is 0 Å². The lowest BCUT2D eigenvalue weighted by Gasteiger charge is -2.42. The summed E-state index contributed by atoms with van der Waals surface area (Å²) in [5, 5.41) is 0.151. The van der Waals surface area contributed by atoms with Crippen LogP contribution in [0.1, 0.15) is 62.6 Å². The van der Waals surface area contributed by atoms with Gasteiger partial charge in [-0.1, -0.05) is 99.6 Å². The van der Waals surface area contributed by atoms with Gasteiger partial charge >= 0.3 is 0 Å². The highest BCUT2D eigenvalue weighted by Gasteiger charge is 2.41. The second kappa shape index (κ2) is 10.6. The summed E-state index contributed by atoms with van der Waals surface area (Å²) in [6, 6.07) is 30.6. The summed E-state index contributed by atoms with van der Waals surface area (Å²) in [6.45, 7) is 11.5. The van der Waals surface area contributed by atoms with Crippen molar-refractivity contribution >= 4 is 19.6 Å². The summed E-state index contributed by atoms with van der Waals surface area (Å²) in [6.07, 6.45) is 5.93. The van der Waals surface area contributed by atoms with Gasteiger partial charge in [0.15, 0.2) is 0 Å². The monoisotopic (exact) mass is 522 g/mol. The minimum absolute atomic E-state index is 0.151. The topological polar surface area (TPSA) is 18.5 Å². The van der Waals surface area contributed by atoms with Gasteiger partial charge in [-0.15, -0.1) is 0 Å². The van der Waals surface area contributed by atoms with Crippen LogP contribution in [0, 0.1) is 11.8 Å². The van der Waals surface area contributed by atoms with Gasteiger partial charge in [0.1, 0.15) is 11.5 Å². The molecular weight excluding hydrogens is 480 g/mol. The maximum absolute atomic E-state index is 6.68. The number of allylic oxidation sites excluding steroid dienone is 3. The average molecular weight is 523 g/mol. The van der Waals surface area contributed by atoms with Gasteiger partial charge in [-0.25, -0.2) is 0 Å². The number of hydrogen-bond donors (Lipinski definition) is 0. The first-order chi connectivity index (χ1) is 18.2. The number of hydrogen-bond acceptors (Lipinski definition) is 2. The van der Waals surface area contributed by atoms with Crippen molar-refractivity contribution in [2.75, 3.05) is 7.11 Å². The molecule has 3 aromatic rings. The molecule has 0 saturated heterocycles. The summed E-state index contributed by atoms with van der Waals surface area (Å²) >= 11 is 0. The van der Waals surface area contributed by atoms with E-state index in [2.05, 4.69) is 125 Å². The van der Waals surface area contributed by atoms with Crippen LogP contribution in [0.5, 0.6) is 5.75 Å². The first kappa shape index (κ1) is 26.6. The van der Waals surface area contributed by atoms with Crippen molar-refractivity contribution in [2.45, 2.75) is 64.1 Å². The van der Waals surface area contributed by atoms with Crippen molar-refractivity contribution < 1.29 is 9.16 Å². The molecule has 1 saturated carbocycles. The average Bonchev–Trinajstić information content (AvgIpc) is 2.91. The summed E-state index contributed by atoms with van der Waals surface area (Å²) in [7, 11) is -0.0985. The Morgan fingerprint density at radius 2 is 1.55 bits per heavy atom. The Bertz CT molecular complexity index is 1310. The third kappa shape index (κ3) is 5.26. The highest BCUT2D eigenvalue weighted by atomic mass is 28.4. The zero-order valence-electron chi connectivity index (χ0n) is 23.8. The molecule has 0 radical (unpaired) electrons. The summed E-state index contributed by atoms with van der Waals surface area (Å²) < 4.78 is 12.9. The second-order valence-electron chi connectivity index (χ2n) is 12.5. The van der Waals surface area contributed by atoms with E-state index in [4.69, 9.17) is 9.16 Å². The van der Waals surface area contributed by atoms with Gasteiger partial charge < -0.3 is 9.16 Å². The molecule has 0 heterocycles. The molecule has 198 valence electrons. The summed E-state index contributed by atoms with van der Waals surface area (Å²) in [5.74, 6) is 3.31. The molecule has 0 N–H and O–H groups in total. The molecule has 0 spiro atoms. The fourth-order valence-electron chi connectivity index (χ4n) is 6.00. The van der Waals surface area contributed by atoms with Crippen molar-refractivity contribution in [3.63, 3.8) is 0 Å². The molecule has 3 unspecified atom stereocenters. The lowest BCUT2D eigenvalue weighted by Crippen LogP contribution is -2.43. The number of ether oxygens (including phenoxy) is 1. The largest absolute Gasteiger partial charge is 0.543 e. The Hall–Kier alpha value is -3.04. The van der Waals surface area contributed by atoms with Gasteiger partial charge in [-0.05, 0) is 83.6 Å². The van der Waals surface area contributed by atoms with Crippen LogP contribution >= 0.6 is 0 Å². The lowest BCUT2D eigenvalue weighted by molar-refractivity contribution is 0.318. The van der Waals surface area contributed by atoms with Gasteiger partial charge in [-0.2, -0.15) is 0 Å². The minimum Gasteiger partial charge on any atom is -0.543 e. The third-order valence-corrected chi connectivity index (χ3v) is 13.4. The van der Waals surface area contributed by atoms with Crippen molar-refractivity contribution in [1.29, 1.82) is 0 Å². The van der Waals surface area contributed by atoms with E-state index in [0.717, 1.165) is 36.3 Å². The molecule has 0 amide bonds. The van der Waals surface area contributed by atoms with E-state index in [9.17, 15) is 0 Å². The molecule has 2 nitrogen and oxygen atoms in total. The van der Waals surface area contributed by atoms with Crippen LogP contribution in [-0.4, -0.2) is 15.4 Å². The van der Waals surface area contributed by atoms with Crippen LogP contribution in [0.2, 0.25) is 18.1 Å². The summed E-state index contributed by atoms with van der Waals surface area (Å²) in [4.78, 5) is 0. The molecule has 0 aliphatic heterocycles. The highest BCUT2D eigenvalue weighted by molar-refractivity contribution is 6.74. The van der Waals surface area contributed by atoms with Crippen LogP contribution in [0.25, 0.3) is 11.3 Å². The normalized spacial score (nSPS) is 22.9. The SMILES string of the molecule is COC(=C1CCC2CC1C(c1ccccc1)C=C2c1ccccc1)c1cccc(O[Si](C)(C)C(C)(C)C)c1. The number of benzene rings is 3. The van der Waals surface area contributed by atoms with Crippen LogP contribution in [0.4, 0.5) is 0 Å². The van der Waals surface area contributed by atoms with Crippen molar-refractivity contribution in [1.82, 2.24) is 0 Å². The minimum atomic E-state index is -1.93. The number of methoxy groups -OCH3 is 1. The predicted molar refractivity (Wildman–Crippen MR) is 163 cm³/mol. The molecule has 3 heteroatoms. The zero-order valence-corrected chi connectivity index (χ0v) is 24.8. The molecule has 2 aliphatic carbocycles. The molecule has 1 fully saturated rings. The van der Waals surface area contributed by atoms with E-state index in [1.54, 1.807) is 0 Å². The van der Waals surface area contributed by atoms with Crippen LogP contribution in [0.15, 0.2) is 96.6 Å². The Balaban J connectivity index is 1.56. The highest BCUT2D eigenvalue weighted by Crippen LogP contribution is 2.53.